The fourth-order valence-electron chi connectivity index (χ4n) is 2.14. The van der Waals surface area contributed by atoms with Crippen molar-refractivity contribution in [2.24, 2.45) is 0 Å². The van der Waals surface area contributed by atoms with E-state index in [4.69, 9.17) is 4.74 Å². The molecule has 0 aliphatic carbocycles. The van der Waals surface area contributed by atoms with Gasteiger partial charge in [-0.2, -0.15) is 0 Å². The number of carbonyl (C=O) groups excluding carboxylic acids is 1. The summed E-state index contributed by atoms with van der Waals surface area (Å²) in [5.41, 5.74) is 1.21. The van der Waals surface area contributed by atoms with Crippen LogP contribution in [0, 0.1) is 6.92 Å². The standard InChI is InChI=1S/C15H22N2O2/c1-13-3-5-14(6-4-13)19-12-7-15(18)17-10-2-8-16-9-11-17/h3-6,16H,2,7-12H2,1H3. The van der Waals surface area contributed by atoms with Gasteiger partial charge >= 0.3 is 0 Å². The predicted octanol–water partition coefficient (Wildman–Crippen LogP) is 1.59. The Hall–Kier alpha value is -1.55. The first kappa shape index (κ1) is 13.9. The van der Waals surface area contributed by atoms with Crippen LogP contribution in [0.25, 0.3) is 0 Å². The van der Waals surface area contributed by atoms with E-state index < -0.39 is 0 Å². The zero-order valence-corrected chi connectivity index (χ0v) is 11.5. The van der Waals surface area contributed by atoms with Crippen molar-refractivity contribution in [1.82, 2.24) is 10.2 Å². The zero-order chi connectivity index (χ0) is 13.5. The highest BCUT2D eigenvalue weighted by Gasteiger charge is 2.14. The van der Waals surface area contributed by atoms with Crippen molar-refractivity contribution in [2.45, 2.75) is 19.8 Å². The fraction of sp³-hybridized carbons (Fsp3) is 0.533. The highest BCUT2D eigenvalue weighted by atomic mass is 16.5. The molecule has 0 spiro atoms. The second kappa shape index (κ2) is 7.14. The van der Waals surface area contributed by atoms with Crippen molar-refractivity contribution in [3.8, 4) is 5.75 Å². The van der Waals surface area contributed by atoms with Crippen LogP contribution < -0.4 is 10.1 Å². The second-order valence-electron chi connectivity index (χ2n) is 4.90. The largest absolute Gasteiger partial charge is 0.493 e. The minimum atomic E-state index is 0.191. The van der Waals surface area contributed by atoms with Gasteiger partial charge in [-0.1, -0.05) is 17.7 Å². The van der Waals surface area contributed by atoms with Crippen LogP contribution in [-0.4, -0.2) is 43.6 Å². The van der Waals surface area contributed by atoms with Crippen LogP contribution in [0.4, 0.5) is 0 Å². The molecule has 1 aliphatic heterocycles. The van der Waals surface area contributed by atoms with Crippen LogP contribution in [0.1, 0.15) is 18.4 Å². The smallest absolute Gasteiger partial charge is 0.226 e. The molecule has 1 saturated heterocycles. The first-order valence-corrected chi connectivity index (χ1v) is 6.94. The molecule has 4 heteroatoms. The summed E-state index contributed by atoms with van der Waals surface area (Å²) in [6.07, 6.45) is 1.48. The minimum Gasteiger partial charge on any atom is -0.493 e. The zero-order valence-electron chi connectivity index (χ0n) is 11.5. The summed E-state index contributed by atoms with van der Waals surface area (Å²) < 4.78 is 5.59. The number of ether oxygens (including phenoxy) is 1. The maximum atomic E-state index is 12.0. The molecular weight excluding hydrogens is 240 g/mol. The summed E-state index contributed by atoms with van der Waals surface area (Å²) in [5, 5.41) is 3.29. The van der Waals surface area contributed by atoms with Crippen LogP contribution in [0.15, 0.2) is 24.3 Å². The number of aryl methyl sites for hydroxylation is 1. The molecule has 1 aromatic carbocycles. The van der Waals surface area contributed by atoms with Gasteiger partial charge < -0.3 is 15.0 Å². The Labute approximate surface area is 114 Å². The first-order valence-electron chi connectivity index (χ1n) is 6.94. The molecule has 104 valence electrons. The molecule has 0 bridgehead atoms. The number of rotatable bonds is 4. The molecule has 19 heavy (non-hydrogen) atoms. The van der Waals surface area contributed by atoms with Crippen molar-refractivity contribution in [1.29, 1.82) is 0 Å². The van der Waals surface area contributed by atoms with Crippen LogP contribution in [0.5, 0.6) is 5.75 Å². The molecule has 1 heterocycles. The molecule has 1 amide bonds. The summed E-state index contributed by atoms with van der Waals surface area (Å²) in [4.78, 5) is 13.9. The molecule has 1 fully saturated rings. The highest BCUT2D eigenvalue weighted by Crippen LogP contribution is 2.11. The van der Waals surface area contributed by atoms with E-state index in [0.717, 1.165) is 38.3 Å². The lowest BCUT2D eigenvalue weighted by Crippen LogP contribution is -2.34. The van der Waals surface area contributed by atoms with E-state index in [9.17, 15) is 4.79 Å². The third kappa shape index (κ3) is 4.56. The predicted molar refractivity (Wildman–Crippen MR) is 75.4 cm³/mol. The molecule has 2 rings (SSSR count). The Bertz CT molecular complexity index is 395. The lowest BCUT2D eigenvalue weighted by molar-refractivity contribution is -0.131. The third-order valence-electron chi connectivity index (χ3n) is 3.30. The Kier molecular flexibility index (Phi) is 5.21. The Morgan fingerprint density at radius 3 is 2.84 bits per heavy atom. The third-order valence-corrected chi connectivity index (χ3v) is 3.30. The summed E-state index contributed by atoms with van der Waals surface area (Å²) in [7, 11) is 0. The van der Waals surface area contributed by atoms with Gasteiger partial charge in [0.1, 0.15) is 5.75 Å². The van der Waals surface area contributed by atoms with Crippen molar-refractivity contribution in [2.75, 3.05) is 32.8 Å². The van der Waals surface area contributed by atoms with Gasteiger partial charge in [-0.05, 0) is 32.0 Å². The Balaban J connectivity index is 1.72. The Morgan fingerprint density at radius 2 is 2.05 bits per heavy atom. The molecular formula is C15H22N2O2. The van der Waals surface area contributed by atoms with Gasteiger partial charge in [-0.25, -0.2) is 0 Å². The number of nitrogens with zero attached hydrogens (tertiary/aromatic N) is 1. The SMILES string of the molecule is Cc1ccc(OCCC(=O)N2CCCNCC2)cc1. The molecule has 0 aromatic heterocycles. The van der Waals surface area contributed by atoms with E-state index in [1.54, 1.807) is 0 Å². The second-order valence-corrected chi connectivity index (χ2v) is 4.90. The molecule has 0 unspecified atom stereocenters. The minimum absolute atomic E-state index is 0.191. The van der Waals surface area contributed by atoms with Crippen molar-refractivity contribution in [3.05, 3.63) is 29.8 Å². The number of nitrogens with one attached hydrogen (secondary N) is 1. The summed E-state index contributed by atoms with van der Waals surface area (Å²) >= 11 is 0. The average Bonchev–Trinajstić information content (AvgIpc) is 2.70. The van der Waals surface area contributed by atoms with Gasteiger partial charge in [0.2, 0.25) is 5.91 Å². The molecule has 1 N–H and O–H groups in total. The van der Waals surface area contributed by atoms with E-state index in [-0.39, 0.29) is 5.91 Å². The van der Waals surface area contributed by atoms with E-state index in [2.05, 4.69) is 5.32 Å². The topological polar surface area (TPSA) is 41.6 Å². The normalized spacial score (nSPS) is 15.9. The molecule has 1 aliphatic rings. The van der Waals surface area contributed by atoms with Gasteiger partial charge in [-0.15, -0.1) is 0 Å². The van der Waals surface area contributed by atoms with E-state index in [0.29, 0.717) is 13.0 Å². The summed E-state index contributed by atoms with van der Waals surface area (Å²) in [6.45, 7) is 6.06. The molecule has 0 radical (unpaired) electrons. The van der Waals surface area contributed by atoms with Crippen molar-refractivity contribution in [3.63, 3.8) is 0 Å². The van der Waals surface area contributed by atoms with Gasteiger partial charge in [-0.3, -0.25) is 4.79 Å². The van der Waals surface area contributed by atoms with Gasteiger partial charge in [0.05, 0.1) is 13.0 Å². The summed E-state index contributed by atoms with van der Waals surface area (Å²) in [6, 6.07) is 7.90. The molecule has 0 saturated carbocycles. The van der Waals surface area contributed by atoms with E-state index >= 15 is 0 Å². The number of hydrogen-bond donors (Lipinski definition) is 1. The van der Waals surface area contributed by atoms with Crippen LogP contribution in [0.2, 0.25) is 0 Å². The lowest BCUT2D eigenvalue weighted by atomic mass is 10.2. The van der Waals surface area contributed by atoms with Gasteiger partial charge in [0.25, 0.3) is 0 Å². The van der Waals surface area contributed by atoms with Crippen molar-refractivity contribution < 1.29 is 9.53 Å². The maximum absolute atomic E-state index is 12.0. The van der Waals surface area contributed by atoms with Crippen LogP contribution in [0.3, 0.4) is 0 Å². The van der Waals surface area contributed by atoms with Crippen LogP contribution >= 0.6 is 0 Å². The molecule has 4 nitrogen and oxygen atoms in total. The van der Waals surface area contributed by atoms with Gasteiger partial charge in [0.15, 0.2) is 0 Å². The lowest BCUT2D eigenvalue weighted by Gasteiger charge is -2.19. The quantitative estimate of drug-likeness (QED) is 0.896. The fourth-order valence-corrected chi connectivity index (χ4v) is 2.14. The highest BCUT2D eigenvalue weighted by molar-refractivity contribution is 5.76. The molecule has 0 atom stereocenters. The van der Waals surface area contributed by atoms with Crippen LogP contribution in [-0.2, 0) is 4.79 Å². The number of carbonyl (C=O) groups is 1. The average molecular weight is 262 g/mol. The number of benzene rings is 1. The number of amides is 1. The van der Waals surface area contributed by atoms with Crippen molar-refractivity contribution >= 4 is 5.91 Å². The first-order chi connectivity index (χ1) is 9.25. The maximum Gasteiger partial charge on any atom is 0.226 e. The van der Waals surface area contributed by atoms with E-state index in [1.807, 2.05) is 36.1 Å². The summed E-state index contributed by atoms with van der Waals surface area (Å²) in [5.74, 6) is 1.02. The number of hydrogen-bond acceptors (Lipinski definition) is 3. The van der Waals surface area contributed by atoms with Gasteiger partial charge in [0, 0.05) is 19.6 Å². The molecule has 1 aromatic rings. The van der Waals surface area contributed by atoms with E-state index in [1.165, 1.54) is 5.56 Å². The Morgan fingerprint density at radius 1 is 1.26 bits per heavy atom. The monoisotopic (exact) mass is 262 g/mol.